The third kappa shape index (κ3) is 4.16. The van der Waals surface area contributed by atoms with E-state index in [-0.39, 0.29) is 12.4 Å². The average molecular weight is 286 g/mol. The minimum absolute atomic E-state index is 0.186. The van der Waals surface area contributed by atoms with Crippen molar-refractivity contribution in [1.29, 1.82) is 0 Å². The van der Waals surface area contributed by atoms with Crippen LogP contribution in [0.1, 0.15) is 16.8 Å². The predicted octanol–water partition coefficient (Wildman–Crippen LogP) is 1.76. The predicted molar refractivity (Wildman–Crippen MR) is 68.7 cm³/mol. The fraction of sp³-hybridized carbons (Fsp3) is 0.417. The molecule has 0 radical (unpaired) electrons. The maximum Gasteiger partial charge on any atom is 0.342 e. The summed E-state index contributed by atoms with van der Waals surface area (Å²) in [5.74, 6) is -2.76. The van der Waals surface area contributed by atoms with Crippen molar-refractivity contribution in [3.8, 4) is 5.75 Å². The summed E-state index contributed by atoms with van der Waals surface area (Å²) < 4.78 is 18.7. The Morgan fingerprint density at radius 3 is 2.65 bits per heavy atom. The Morgan fingerprint density at radius 2 is 2.15 bits per heavy atom. The molecular formula is C12H15FN2O5. The second-order valence-electron chi connectivity index (χ2n) is 4.37. The minimum Gasteiger partial charge on any atom is -0.490 e. The molecule has 20 heavy (non-hydrogen) atoms. The molecule has 7 nitrogen and oxygen atoms in total. The van der Waals surface area contributed by atoms with Gasteiger partial charge in [-0.2, -0.15) is 0 Å². The molecule has 0 aliphatic rings. The summed E-state index contributed by atoms with van der Waals surface area (Å²) in [5, 5.41) is 19.5. The molecule has 0 spiro atoms. The van der Waals surface area contributed by atoms with E-state index in [4.69, 9.17) is 9.84 Å². The fourth-order valence-electron chi connectivity index (χ4n) is 1.54. The van der Waals surface area contributed by atoms with Gasteiger partial charge in [0.05, 0.1) is 17.6 Å². The zero-order chi connectivity index (χ0) is 15.3. The van der Waals surface area contributed by atoms with Crippen LogP contribution < -0.4 is 4.74 Å². The SMILES string of the molecule is CN(C)CCCOc1cc(C(=O)O)c([N+](=O)[O-])cc1F. The minimum atomic E-state index is -1.50. The van der Waals surface area contributed by atoms with Crippen molar-refractivity contribution >= 4 is 11.7 Å². The first-order chi connectivity index (χ1) is 9.32. The van der Waals surface area contributed by atoms with Crippen LogP contribution in [0.15, 0.2) is 12.1 Å². The fourth-order valence-corrected chi connectivity index (χ4v) is 1.54. The maximum atomic E-state index is 13.6. The third-order valence-electron chi connectivity index (χ3n) is 2.48. The second-order valence-corrected chi connectivity index (χ2v) is 4.37. The number of rotatable bonds is 7. The van der Waals surface area contributed by atoms with Gasteiger partial charge in [-0.05, 0) is 20.5 Å². The number of nitrogens with zero attached hydrogens (tertiary/aromatic N) is 2. The molecule has 0 heterocycles. The number of halogens is 1. The van der Waals surface area contributed by atoms with Crippen molar-refractivity contribution in [2.24, 2.45) is 0 Å². The molecule has 0 aliphatic heterocycles. The normalized spacial score (nSPS) is 10.6. The molecule has 1 aromatic carbocycles. The monoisotopic (exact) mass is 286 g/mol. The zero-order valence-electron chi connectivity index (χ0n) is 11.1. The molecule has 1 rings (SSSR count). The Kier molecular flexibility index (Phi) is 5.39. The standard InChI is InChI=1S/C12H15FN2O5/c1-14(2)4-3-5-20-11-6-8(12(16)17)10(15(18)19)7-9(11)13/h6-7H,3-5H2,1-2H3,(H,16,17). The van der Waals surface area contributed by atoms with Crippen molar-refractivity contribution in [3.05, 3.63) is 33.6 Å². The van der Waals surface area contributed by atoms with Crippen LogP contribution in [0.4, 0.5) is 10.1 Å². The first-order valence-corrected chi connectivity index (χ1v) is 5.81. The van der Waals surface area contributed by atoms with E-state index in [1.165, 1.54) is 0 Å². The summed E-state index contributed by atoms with van der Waals surface area (Å²) in [7, 11) is 3.74. The number of nitro benzene ring substituents is 1. The number of benzene rings is 1. The Bertz CT molecular complexity index is 519. The third-order valence-corrected chi connectivity index (χ3v) is 2.48. The van der Waals surface area contributed by atoms with Crippen LogP contribution in [0.5, 0.6) is 5.75 Å². The van der Waals surface area contributed by atoms with Gasteiger partial charge in [0.2, 0.25) is 0 Å². The number of aromatic carboxylic acids is 1. The number of nitro groups is 1. The van der Waals surface area contributed by atoms with E-state index in [9.17, 15) is 19.3 Å². The van der Waals surface area contributed by atoms with Gasteiger partial charge in [-0.25, -0.2) is 9.18 Å². The number of ether oxygens (including phenoxy) is 1. The van der Waals surface area contributed by atoms with Gasteiger partial charge in [0.25, 0.3) is 5.69 Å². The van der Waals surface area contributed by atoms with Crippen LogP contribution in [-0.2, 0) is 0 Å². The van der Waals surface area contributed by atoms with Crippen LogP contribution in [0.2, 0.25) is 0 Å². The largest absolute Gasteiger partial charge is 0.490 e. The highest BCUT2D eigenvalue weighted by Gasteiger charge is 2.23. The van der Waals surface area contributed by atoms with Crippen LogP contribution >= 0.6 is 0 Å². The summed E-state index contributed by atoms with van der Waals surface area (Å²) >= 11 is 0. The summed E-state index contributed by atoms with van der Waals surface area (Å²) in [5.41, 5.74) is -1.39. The summed E-state index contributed by atoms with van der Waals surface area (Å²) in [6, 6.07) is 1.40. The van der Waals surface area contributed by atoms with Crippen LogP contribution in [-0.4, -0.2) is 48.1 Å². The summed E-state index contributed by atoms with van der Waals surface area (Å²) in [6.07, 6.45) is 0.617. The molecule has 110 valence electrons. The van der Waals surface area contributed by atoms with E-state index in [2.05, 4.69) is 0 Å². The second kappa shape index (κ2) is 6.80. The Balaban J connectivity index is 2.90. The lowest BCUT2D eigenvalue weighted by Crippen LogP contribution is -2.16. The Morgan fingerprint density at radius 1 is 1.50 bits per heavy atom. The van der Waals surface area contributed by atoms with Crippen molar-refractivity contribution in [2.45, 2.75) is 6.42 Å². The van der Waals surface area contributed by atoms with Crippen LogP contribution in [0, 0.1) is 15.9 Å². The highest BCUT2D eigenvalue weighted by molar-refractivity contribution is 5.92. The van der Waals surface area contributed by atoms with Gasteiger partial charge in [0.1, 0.15) is 5.56 Å². The van der Waals surface area contributed by atoms with Crippen molar-refractivity contribution in [2.75, 3.05) is 27.2 Å². The van der Waals surface area contributed by atoms with E-state index in [0.717, 1.165) is 12.6 Å². The lowest BCUT2D eigenvalue weighted by molar-refractivity contribution is -0.385. The molecule has 0 aliphatic carbocycles. The molecule has 0 aromatic heterocycles. The quantitative estimate of drug-likeness (QED) is 0.466. The van der Waals surface area contributed by atoms with Crippen LogP contribution in [0.3, 0.4) is 0 Å². The zero-order valence-corrected chi connectivity index (χ0v) is 11.1. The molecule has 0 atom stereocenters. The van der Waals surface area contributed by atoms with Crippen molar-refractivity contribution in [1.82, 2.24) is 4.90 Å². The lowest BCUT2D eigenvalue weighted by atomic mass is 10.1. The number of carboxylic acids is 1. The molecule has 1 aromatic rings. The average Bonchev–Trinajstić information content (AvgIpc) is 2.34. The summed E-state index contributed by atoms with van der Waals surface area (Å²) in [4.78, 5) is 22.5. The van der Waals surface area contributed by atoms with E-state index in [1.807, 2.05) is 19.0 Å². The van der Waals surface area contributed by atoms with E-state index >= 15 is 0 Å². The Labute approximate surface area is 114 Å². The molecule has 8 heteroatoms. The van der Waals surface area contributed by atoms with Gasteiger partial charge in [-0.1, -0.05) is 0 Å². The molecule has 0 fully saturated rings. The highest BCUT2D eigenvalue weighted by Crippen LogP contribution is 2.27. The molecule has 0 bridgehead atoms. The van der Waals surface area contributed by atoms with Crippen molar-refractivity contribution < 1.29 is 24.0 Å². The summed E-state index contributed by atoms with van der Waals surface area (Å²) in [6.45, 7) is 0.909. The van der Waals surface area contributed by atoms with Gasteiger partial charge >= 0.3 is 5.97 Å². The number of carbonyl (C=O) groups is 1. The molecular weight excluding hydrogens is 271 g/mol. The lowest BCUT2D eigenvalue weighted by Gasteiger charge is -2.11. The van der Waals surface area contributed by atoms with Crippen LogP contribution in [0.25, 0.3) is 0 Å². The number of hydrogen-bond donors (Lipinski definition) is 1. The van der Waals surface area contributed by atoms with Gasteiger partial charge in [0, 0.05) is 12.6 Å². The van der Waals surface area contributed by atoms with Crippen molar-refractivity contribution in [3.63, 3.8) is 0 Å². The van der Waals surface area contributed by atoms with Gasteiger partial charge in [-0.3, -0.25) is 10.1 Å². The maximum absolute atomic E-state index is 13.6. The number of hydrogen-bond acceptors (Lipinski definition) is 5. The molecule has 0 saturated carbocycles. The first kappa shape index (κ1) is 15.8. The molecule has 1 N–H and O–H groups in total. The Hall–Kier alpha value is -2.22. The highest BCUT2D eigenvalue weighted by atomic mass is 19.1. The topological polar surface area (TPSA) is 92.9 Å². The van der Waals surface area contributed by atoms with E-state index < -0.39 is 28.0 Å². The molecule has 0 unspecified atom stereocenters. The number of carboxylic acid groups (broad SMARTS) is 1. The van der Waals surface area contributed by atoms with Gasteiger partial charge in [0.15, 0.2) is 11.6 Å². The van der Waals surface area contributed by atoms with E-state index in [0.29, 0.717) is 12.5 Å². The van der Waals surface area contributed by atoms with Gasteiger partial charge in [-0.15, -0.1) is 0 Å². The van der Waals surface area contributed by atoms with E-state index in [1.54, 1.807) is 0 Å². The smallest absolute Gasteiger partial charge is 0.342 e. The molecule has 0 saturated heterocycles. The van der Waals surface area contributed by atoms with Gasteiger partial charge < -0.3 is 14.7 Å². The first-order valence-electron chi connectivity index (χ1n) is 5.81. The molecule has 0 amide bonds.